The lowest BCUT2D eigenvalue weighted by molar-refractivity contribution is 0.107. The Hall–Kier alpha value is -3.97. The van der Waals surface area contributed by atoms with Gasteiger partial charge in [-0.15, -0.1) is 0 Å². The van der Waals surface area contributed by atoms with E-state index in [2.05, 4.69) is 25.1 Å². The molecule has 0 amide bonds. The number of halogens is 4. The summed E-state index contributed by atoms with van der Waals surface area (Å²) in [4.78, 5) is 18.1. The lowest BCUT2D eigenvalue weighted by atomic mass is 9.95. The zero-order valence-electron chi connectivity index (χ0n) is 24.2. The fourth-order valence-electron chi connectivity index (χ4n) is 8.38. The number of phenolic OH excluding ortho intramolecular Hbond substituents is 1. The summed E-state index contributed by atoms with van der Waals surface area (Å²) in [6.45, 7) is 2.14. The van der Waals surface area contributed by atoms with Gasteiger partial charge >= 0.3 is 6.01 Å². The first-order valence-corrected chi connectivity index (χ1v) is 15.5. The minimum absolute atomic E-state index is 0.0538. The Morgan fingerprint density at radius 3 is 2.84 bits per heavy atom. The molecule has 7 heterocycles. The fourth-order valence-corrected chi connectivity index (χ4v) is 8.38. The van der Waals surface area contributed by atoms with Gasteiger partial charge in [0.25, 0.3) is 0 Å². The molecule has 5 aliphatic rings. The number of anilines is 1. The van der Waals surface area contributed by atoms with Crippen molar-refractivity contribution in [2.24, 2.45) is 0 Å². The van der Waals surface area contributed by atoms with E-state index in [0.717, 1.165) is 44.4 Å². The Morgan fingerprint density at radius 2 is 1.96 bits per heavy atom. The number of nitrogens with one attached hydrogen (secondary N) is 1. The molecule has 234 valence electrons. The van der Waals surface area contributed by atoms with Crippen molar-refractivity contribution in [1.82, 2.24) is 25.2 Å². The van der Waals surface area contributed by atoms with Gasteiger partial charge in [0.15, 0.2) is 17.5 Å². The molecule has 0 saturated carbocycles. The molecule has 2 aromatic carbocycles. The summed E-state index contributed by atoms with van der Waals surface area (Å²) < 4.78 is 73.5. The van der Waals surface area contributed by atoms with Gasteiger partial charge in [-0.3, -0.25) is 4.90 Å². The molecule has 2 N–H and O–H groups in total. The predicted molar refractivity (Wildman–Crippen MR) is 157 cm³/mol. The molecule has 4 fully saturated rings. The second-order valence-corrected chi connectivity index (χ2v) is 13.0. The van der Waals surface area contributed by atoms with Gasteiger partial charge in [-0.25, -0.2) is 22.5 Å². The standard InChI is InChI=1S/C32H30F4N6O3/c33-16-10-32(6-1-7-41(32)11-16)14-45-31-39-28-24-29(40-31)42-12-17-3-5-21(37-17)22(42)13-44-30(24)38-27(26(28)36)19-9-18(43)8-15-2-4-20(34)25(35)23(15)19/h2,4,8-9,16-17,21-22,37,43H,1,3,5-7,10-14H2/t16-,17+,21?,22+,32+/m1/s1. The topological polar surface area (TPSA) is 95.9 Å². The second-order valence-electron chi connectivity index (χ2n) is 13.0. The van der Waals surface area contributed by atoms with E-state index in [4.69, 9.17) is 14.5 Å². The Kier molecular flexibility index (Phi) is 5.93. The van der Waals surface area contributed by atoms with Crippen LogP contribution in [0.2, 0.25) is 0 Å². The third-order valence-corrected chi connectivity index (χ3v) is 10.4. The lowest BCUT2D eigenvalue weighted by Gasteiger charge is -2.40. The molecule has 45 heavy (non-hydrogen) atoms. The number of phenols is 1. The van der Waals surface area contributed by atoms with Crippen LogP contribution in [-0.2, 0) is 0 Å². The van der Waals surface area contributed by atoms with Crippen molar-refractivity contribution in [3.8, 4) is 28.9 Å². The Bertz CT molecular complexity index is 1900. The van der Waals surface area contributed by atoms with Crippen molar-refractivity contribution in [1.29, 1.82) is 0 Å². The molecular formula is C32H30F4N6O3. The number of nitrogens with zero attached hydrogens (tertiary/aromatic N) is 5. The largest absolute Gasteiger partial charge is 0.508 e. The van der Waals surface area contributed by atoms with Crippen LogP contribution in [0, 0.1) is 17.5 Å². The summed E-state index contributed by atoms with van der Waals surface area (Å²) in [5.74, 6) is -3.01. The zero-order chi connectivity index (χ0) is 30.6. The molecule has 2 bridgehead atoms. The molecule has 5 atom stereocenters. The quantitative estimate of drug-likeness (QED) is 0.316. The summed E-state index contributed by atoms with van der Waals surface area (Å²) in [6.07, 6.45) is 3.06. The van der Waals surface area contributed by atoms with E-state index < -0.39 is 29.2 Å². The molecular weight excluding hydrogens is 592 g/mol. The minimum Gasteiger partial charge on any atom is -0.508 e. The van der Waals surface area contributed by atoms with Crippen molar-refractivity contribution in [2.45, 2.75) is 61.9 Å². The average Bonchev–Trinajstić information content (AvgIpc) is 3.65. The maximum absolute atomic E-state index is 16.8. The first-order chi connectivity index (χ1) is 21.8. The van der Waals surface area contributed by atoms with E-state index in [-0.39, 0.29) is 81.9 Å². The molecule has 2 aromatic heterocycles. The van der Waals surface area contributed by atoms with E-state index in [1.807, 2.05) is 0 Å². The zero-order valence-corrected chi connectivity index (χ0v) is 24.2. The van der Waals surface area contributed by atoms with Gasteiger partial charge in [-0.05, 0) is 55.8 Å². The highest BCUT2D eigenvalue weighted by molar-refractivity contribution is 6.02. The first kappa shape index (κ1) is 27.3. The maximum Gasteiger partial charge on any atom is 0.319 e. The number of benzene rings is 2. The molecule has 13 heteroatoms. The summed E-state index contributed by atoms with van der Waals surface area (Å²) in [5.41, 5.74) is -1.12. The van der Waals surface area contributed by atoms with Crippen LogP contribution in [0.4, 0.5) is 23.4 Å². The van der Waals surface area contributed by atoms with Crippen LogP contribution in [0.3, 0.4) is 0 Å². The molecule has 0 spiro atoms. The lowest BCUT2D eigenvalue weighted by Crippen LogP contribution is -2.60. The normalized spacial score (nSPS) is 28.8. The number of hydrogen-bond acceptors (Lipinski definition) is 9. The van der Waals surface area contributed by atoms with E-state index in [1.54, 1.807) is 0 Å². The summed E-state index contributed by atoms with van der Waals surface area (Å²) in [6, 6.07) is 4.83. The van der Waals surface area contributed by atoms with Gasteiger partial charge in [0.2, 0.25) is 5.88 Å². The van der Waals surface area contributed by atoms with Crippen LogP contribution < -0.4 is 19.7 Å². The van der Waals surface area contributed by atoms with Crippen LogP contribution in [-0.4, -0.2) is 87.6 Å². The van der Waals surface area contributed by atoms with E-state index in [9.17, 15) is 13.9 Å². The van der Waals surface area contributed by atoms with Gasteiger partial charge in [-0.2, -0.15) is 9.97 Å². The summed E-state index contributed by atoms with van der Waals surface area (Å²) in [5, 5.41) is 14.3. The third-order valence-electron chi connectivity index (χ3n) is 10.4. The highest BCUT2D eigenvalue weighted by atomic mass is 19.2. The van der Waals surface area contributed by atoms with Gasteiger partial charge < -0.3 is 24.8 Å². The number of rotatable bonds is 4. The number of alkyl halides is 1. The molecule has 4 saturated heterocycles. The number of hydrogen-bond donors (Lipinski definition) is 2. The van der Waals surface area contributed by atoms with Gasteiger partial charge in [0, 0.05) is 42.5 Å². The average molecular weight is 623 g/mol. The van der Waals surface area contributed by atoms with E-state index in [1.165, 1.54) is 12.1 Å². The van der Waals surface area contributed by atoms with Crippen molar-refractivity contribution in [3.05, 3.63) is 41.7 Å². The smallest absolute Gasteiger partial charge is 0.319 e. The summed E-state index contributed by atoms with van der Waals surface area (Å²) >= 11 is 0. The summed E-state index contributed by atoms with van der Waals surface area (Å²) in [7, 11) is 0. The highest BCUT2D eigenvalue weighted by Gasteiger charge is 2.50. The number of fused-ring (bicyclic) bond motifs is 7. The molecule has 9 rings (SSSR count). The predicted octanol–water partition coefficient (Wildman–Crippen LogP) is 4.62. The number of pyridine rings is 1. The molecule has 4 aromatic rings. The van der Waals surface area contributed by atoms with Crippen molar-refractivity contribution < 1.29 is 32.1 Å². The number of piperazine rings is 1. The SMILES string of the molecule is Oc1cc(-c2nc3c4c(nc(OC[C@@]56CCCN5C[C@H](F)C6)nc4c2F)N2C[C@@H]4CCC(N4)[C@@H]2CO3)c2c(F)c(F)ccc2c1. The highest BCUT2D eigenvalue weighted by Crippen LogP contribution is 2.45. The van der Waals surface area contributed by atoms with Crippen LogP contribution in [0.5, 0.6) is 17.6 Å². The van der Waals surface area contributed by atoms with Gasteiger partial charge in [0.1, 0.15) is 47.5 Å². The van der Waals surface area contributed by atoms with Crippen LogP contribution in [0.1, 0.15) is 32.1 Å². The van der Waals surface area contributed by atoms with Crippen molar-refractivity contribution in [2.75, 3.05) is 37.7 Å². The van der Waals surface area contributed by atoms with Crippen LogP contribution in [0.25, 0.3) is 32.9 Å². The van der Waals surface area contributed by atoms with E-state index in [0.29, 0.717) is 25.3 Å². The number of aromatic nitrogens is 3. The molecule has 5 aliphatic heterocycles. The maximum atomic E-state index is 16.8. The molecule has 0 aliphatic carbocycles. The number of aromatic hydroxyl groups is 1. The van der Waals surface area contributed by atoms with Gasteiger partial charge in [-0.1, -0.05) is 6.07 Å². The van der Waals surface area contributed by atoms with E-state index >= 15 is 8.78 Å². The monoisotopic (exact) mass is 622 g/mol. The molecule has 0 radical (unpaired) electrons. The molecule has 1 unspecified atom stereocenters. The Morgan fingerprint density at radius 1 is 1.07 bits per heavy atom. The fraction of sp³-hybridized carbons (Fsp3) is 0.469. The van der Waals surface area contributed by atoms with Crippen molar-refractivity contribution in [3.63, 3.8) is 0 Å². The Balaban J connectivity index is 1.24. The number of ether oxygens (including phenoxy) is 2. The third kappa shape index (κ3) is 4.09. The minimum atomic E-state index is -1.19. The second kappa shape index (κ2) is 9.76. The Labute approximate surface area is 255 Å². The van der Waals surface area contributed by atoms with Crippen LogP contribution >= 0.6 is 0 Å². The first-order valence-electron chi connectivity index (χ1n) is 15.5. The van der Waals surface area contributed by atoms with Gasteiger partial charge in [0.05, 0.1) is 11.6 Å². The molecule has 9 nitrogen and oxygen atoms in total. The van der Waals surface area contributed by atoms with Crippen molar-refractivity contribution >= 4 is 27.5 Å². The van der Waals surface area contributed by atoms with Crippen LogP contribution in [0.15, 0.2) is 24.3 Å².